The molecule has 0 radical (unpaired) electrons. The van der Waals surface area contributed by atoms with E-state index >= 15 is 0 Å². The zero-order valence-electron chi connectivity index (χ0n) is 18.4. The topological polar surface area (TPSA) is 95.7 Å². The third kappa shape index (κ3) is 4.53. The Labute approximate surface area is 185 Å². The molecule has 1 aromatic heterocycles. The molecule has 9 heteroatoms. The van der Waals surface area contributed by atoms with Crippen molar-refractivity contribution in [1.29, 1.82) is 0 Å². The van der Waals surface area contributed by atoms with Gasteiger partial charge in [0.2, 0.25) is 0 Å². The summed E-state index contributed by atoms with van der Waals surface area (Å²) in [5.41, 5.74) is 3.39. The number of rotatable bonds is 6. The Morgan fingerprint density at radius 3 is 2.97 bits per heavy atom. The first-order valence-electron chi connectivity index (χ1n) is 10.6. The Balaban J connectivity index is 1.46. The number of amides is 2. The number of H-pyrrole nitrogens is 1. The fourth-order valence-corrected chi connectivity index (χ4v) is 4.16. The molecule has 2 aromatic rings. The molecule has 0 saturated carbocycles. The van der Waals surface area contributed by atoms with Crippen molar-refractivity contribution in [3.63, 3.8) is 0 Å². The predicted octanol–water partition coefficient (Wildman–Crippen LogP) is 3.07. The average molecular weight is 442 g/mol. The minimum Gasteiger partial charge on any atom is -0.408 e. The third-order valence-electron chi connectivity index (χ3n) is 5.86. The van der Waals surface area contributed by atoms with Gasteiger partial charge in [-0.05, 0) is 44.5 Å². The SMILES string of the molecule is COCCN1CC[C@H](NC(=O)Oc2c(C)[nH]c(/C=C3\C(=O)Nc4ccc(F)cc43)c2C)C1. The molecule has 1 fully saturated rings. The number of aromatic amines is 1. The van der Waals surface area contributed by atoms with Crippen molar-refractivity contribution >= 4 is 29.3 Å². The van der Waals surface area contributed by atoms with E-state index in [4.69, 9.17) is 9.47 Å². The summed E-state index contributed by atoms with van der Waals surface area (Å²) in [5, 5.41) is 5.65. The number of aromatic nitrogens is 1. The fourth-order valence-electron chi connectivity index (χ4n) is 4.16. The van der Waals surface area contributed by atoms with Crippen molar-refractivity contribution in [1.82, 2.24) is 15.2 Å². The number of hydrogen-bond acceptors (Lipinski definition) is 5. The van der Waals surface area contributed by atoms with Gasteiger partial charge in [-0.1, -0.05) is 0 Å². The molecule has 1 atom stereocenters. The minimum atomic E-state index is -0.515. The van der Waals surface area contributed by atoms with E-state index in [0.29, 0.717) is 46.1 Å². The number of methoxy groups -OCH3 is 1. The highest BCUT2D eigenvalue weighted by molar-refractivity contribution is 6.34. The van der Waals surface area contributed by atoms with Crippen molar-refractivity contribution in [3.8, 4) is 5.75 Å². The van der Waals surface area contributed by atoms with E-state index in [0.717, 1.165) is 26.1 Å². The summed E-state index contributed by atoms with van der Waals surface area (Å²) in [5.74, 6) is -0.308. The van der Waals surface area contributed by atoms with Crippen LogP contribution in [0.1, 0.15) is 28.9 Å². The summed E-state index contributed by atoms with van der Waals surface area (Å²) in [6.07, 6.45) is 1.99. The standard InChI is InChI=1S/C23H27FN4O4/c1-13-20(11-18-17-10-15(24)4-5-19(17)27-22(18)29)25-14(2)21(13)32-23(30)26-16-6-7-28(12-16)8-9-31-3/h4-5,10-11,16,25H,6-9,12H2,1-3H3,(H,26,30)(H,27,29)/b18-11-/t16-/m0/s1. The molecule has 170 valence electrons. The molecule has 2 amide bonds. The first-order valence-corrected chi connectivity index (χ1v) is 10.6. The predicted molar refractivity (Wildman–Crippen MR) is 119 cm³/mol. The van der Waals surface area contributed by atoms with E-state index in [1.165, 1.54) is 18.2 Å². The number of benzene rings is 1. The zero-order chi connectivity index (χ0) is 22.8. The van der Waals surface area contributed by atoms with E-state index in [9.17, 15) is 14.0 Å². The Morgan fingerprint density at radius 1 is 1.38 bits per heavy atom. The first kappa shape index (κ1) is 22.0. The van der Waals surface area contributed by atoms with Crippen molar-refractivity contribution in [3.05, 3.63) is 46.5 Å². The second kappa shape index (κ2) is 9.13. The van der Waals surface area contributed by atoms with Crippen molar-refractivity contribution in [2.75, 3.05) is 38.7 Å². The van der Waals surface area contributed by atoms with Gasteiger partial charge in [0.05, 0.1) is 17.9 Å². The van der Waals surface area contributed by atoms with Gasteiger partial charge in [-0.15, -0.1) is 0 Å². The fraction of sp³-hybridized carbons (Fsp3) is 0.391. The van der Waals surface area contributed by atoms with Gasteiger partial charge in [0.15, 0.2) is 5.75 Å². The summed E-state index contributed by atoms with van der Waals surface area (Å²) < 4.78 is 24.4. The van der Waals surface area contributed by atoms with E-state index in [-0.39, 0.29) is 11.9 Å². The molecule has 8 nitrogen and oxygen atoms in total. The lowest BCUT2D eigenvalue weighted by atomic mass is 10.0. The maximum absolute atomic E-state index is 13.7. The number of halogens is 1. The highest BCUT2D eigenvalue weighted by Crippen LogP contribution is 2.35. The summed E-state index contributed by atoms with van der Waals surface area (Å²) in [6.45, 7) is 6.75. The number of nitrogens with one attached hydrogen (secondary N) is 3. The van der Waals surface area contributed by atoms with Gasteiger partial charge < -0.3 is 25.1 Å². The number of fused-ring (bicyclic) bond motifs is 1. The van der Waals surface area contributed by atoms with E-state index in [1.807, 2.05) is 0 Å². The summed E-state index contributed by atoms with van der Waals surface area (Å²) in [7, 11) is 1.67. The summed E-state index contributed by atoms with van der Waals surface area (Å²) in [6, 6.07) is 4.19. The molecule has 2 aliphatic rings. The van der Waals surface area contributed by atoms with Crippen LogP contribution in [0.3, 0.4) is 0 Å². The van der Waals surface area contributed by atoms with Gasteiger partial charge in [-0.25, -0.2) is 9.18 Å². The minimum absolute atomic E-state index is 0.0223. The van der Waals surface area contributed by atoms with Crippen LogP contribution in [0.5, 0.6) is 5.75 Å². The van der Waals surface area contributed by atoms with E-state index in [1.54, 1.807) is 27.0 Å². The zero-order valence-corrected chi connectivity index (χ0v) is 18.4. The van der Waals surface area contributed by atoms with Gasteiger partial charge >= 0.3 is 6.09 Å². The molecule has 3 N–H and O–H groups in total. The Bertz CT molecular complexity index is 1080. The largest absolute Gasteiger partial charge is 0.412 e. The smallest absolute Gasteiger partial charge is 0.408 e. The first-order chi connectivity index (χ1) is 15.4. The van der Waals surface area contributed by atoms with Gasteiger partial charge in [-0.2, -0.15) is 0 Å². The molecular weight excluding hydrogens is 415 g/mol. The van der Waals surface area contributed by atoms with Crippen LogP contribution in [-0.4, -0.2) is 61.3 Å². The molecule has 32 heavy (non-hydrogen) atoms. The monoisotopic (exact) mass is 442 g/mol. The Kier molecular flexibility index (Phi) is 6.29. The van der Waals surface area contributed by atoms with Gasteiger partial charge in [0.1, 0.15) is 5.82 Å². The molecule has 1 saturated heterocycles. The van der Waals surface area contributed by atoms with Crippen LogP contribution in [0, 0.1) is 19.7 Å². The van der Waals surface area contributed by atoms with E-state index < -0.39 is 11.9 Å². The number of likely N-dealkylation sites (tertiary alicyclic amines) is 1. The number of carbonyl (C=O) groups is 2. The lowest BCUT2D eigenvalue weighted by molar-refractivity contribution is -0.110. The maximum Gasteiger partial charge on any atom is 0.412 e. The van der Waals surface area contributed by atoms with Crippen LogP contribution in [-0.2, 0) is 9.53 Å². The van der Waals surface area contributed by atoms with Crippen LogP contribution in [0.15, 0.2) is 18.2 Å². The van der Waals surface area contributed by atoms with Gasteiger partial charge in [0.25, 0.3) is 5.91 Å². The lowest BCUT2D eigenvalue weighted by Gasteiger charge is -2.16. The number of hydrogen-bond donors (Lipinski definition) is 3. The second-order valence-corrected chi connectivity index (χ2v) is 8.13. The number of nitrogens with zero attached hydrogens (tertiary/aromatic N) is 1. The quantitative estimate of drug-likeness (QED) is 0.598. The van der Waals surface area contributed by atoms with E-state index in [2.05, 4.69) is 20.5 Å². The van der Waals surface area contributed by atoms with Crippen LogP contribution < -0.4 is 15.4 Å². The molecule has 4 rings (SSSR count). The third-order valence-corrected chi connectivity index (χ3v) is 5.86. The molecular formula is C23H27FN4O4. The molecule has 0 spiro atoms. The van der Waals surface area contributed by atoms with Crippen LogP contribution in [0.2, 0.25) is 0 Å². The number of anilines is 1. The molecule has 0 unspecified atom stereocenters. The molecule has 0 aliphatic carbocycles. The molecule has 0 bridgehead atoms. The highest BCUT2D eigenvalue weighted by Gasteiger charge is 2.27. The highest BCUT2D eigenvalue weighted by atomic mass is 19.1. The van der Waals surface area contributed by atoms with Crippen molar-refractivity contribution in [2.45, 2.75) is 26.3 Å². The van der Waals surface area contributed by atoms with Crippen LogP contribution in [0.4, 0.5) is 14.9 Å². The Morgan fingerprint density at radius 2 is 2.19 bits per heavy atom. The van der Waals surface area contributed by atoms with Gasteiger partial charge in [0, 0.05) is 55.3 Å². The molecule has 1 aromatic carbocycles. The maximum atomic E-state index is 13.7. The molecule has 2 aliphatic heterocycles. The van der Waals surface area contributed by atoms with Crippen molar-refractivity contribution < 1.29 is 23.5 Å². The summed E-state index contributed by atoms with van der Waals surface area (Å²) in [4.78, 5) is 30.3. The normalized spacial score (nSPS) is 19.3. The Hall–Kier alpha value is -3.17. The van der Waals surface area contributed by atoms with Crippen LogP contribution >= 0.6 is 0 Å². The average Bonchev–Trinajstić information content (AvgIpc) is 3.40. The second-order valence-electron chi connectivity index (χ2n) is 8.13. The van der Waals surface area contributed by atoms with Crippen LogP contribution in [0.25, 0.3) is 11.6 Å². The van der Waals surface area contributed by atoms with Gasteiger partial charge in [-0.3, -0.25) is 9.69 Å². The van der Waals surface area contributed by atoms with Crippen molar-refractivity contribution in [2.24, 2.45) is 0 Å². The molecule has 3 heterocycles. The number of carbonyl (C=O) groups excluding carboxylic acids is 2. The number of aryl methyl sites for hydroxylation is 1. The number of ether oxygens (including phenoxy) is 2. The lowest BCUT2D eigenvalue weighted by Crippen LogP contribution is -2.39. The summed E-state index contributed by atoms with van der Waals surface area (Å²) >= 11 is 0.